The van der Waals surface area contributed by atoms with Gasteiger partial charge < -0.3 is 15.0 Å². The first-order valence-corrected chi connectivity index (χ1v) is 9.89. The molecular formula is C24H23N5O. The molecule has 0 radical (unpaired) electrons. The lowest BCUT2D eigenvalue weighted by Crippen LogP contribution is -2.24. The highest BCUT2D eigenvalue weighted by Crippen LogP contribution is 2.31. The summed E-state index contributed by atoms with van der Waals surface area (Å²) in [5, 5.41) is 11.7. The van der Waals surface area contributed by atoms with Crippen molar-refractivity contribution in [3.05, 3.63) is 96.7 Å². The normalized spacial score (nSPS) is 10.4. The van der Waals surface area contributed by atoms with Gasteiger partial charge in [0.15, 0.2) is 11.6 Å². The molecule has 3 aromatic carbocycles. The van der Waals surface area contributed by atoms with Crippen molar-refractivity contribution < 1.29 is 4.74 Å². The molecular weight excluding hydrogens is 374 g/mol. The van der Waals surface area contributed by atoms with Crippen molar-refractivity contribution in [3.63, 3.8) is 0 Å². The molecule has 0 amide bonds. The first kappa shape index (κ1) is 19.4. The van der Waals surface area contributed by atoms with Gasteiger partial charge in [0.05, 0.1) is 11.9 Å². The van der Waals surface area contributed by atoms with Crippen molar-refractivity contribution in [1.82, 2.24) is 15.2 Å². The molecule has 4 aromatic rings. The summed E-state index contributed by atoms with van der Waals surface area (Å²) in [6.45, 7) is 3.57. The van der Waals surface area contributed by atoms with E-state index in [1.54, 1.807) is 6.20 Å². The fourth-order valence-corrected chi connectivity index (χ4v) is 3.03. The first-order chi connectivity index (χ1) is 14.8. The van der Waals surface area contributed by atoms with Crippen LogP contribution in [0.15, 0.2) is 91.1 Å². The Labute approximate surface area is 176 Å². The van der Waals surface area contributed by atoms with Crippen LogP contribution >= 0.6 is 0 Å². The van der Waals surface area contributed by atoms with Crippen LogP contribution in [0.25, 0.3) is 0 Å². The van der Waals surface area contributed by atoms with Gasteiger partial charge in [0.1, 0.15) is 5.75 Å². The Kier molecular flexibility index (Phi) is 6.15. The molecule has 0 unspecified atom stereocenters. The van der Waals surface area contributed by atoms with Gasteiger partial charge in [-0.05, 0) is 36.8 Å². The summed E-state index contributed by atoms with van der Waals surface area (Å²) in [5.74, 6) is 2.66. The molecule has 1 aromatic heterocycles. The van der Waals surface area contributed by atoms with Gasteiger partial charge in [-0.2, -0.15) is 10.1 Å². The molecule has 0 aliphatic rings. The number of nitrogens with zero attached hydrogens (tertiary/aromatic N) is 4. The van der Waals surface area contributed by atoms with Crippen molar-refractivity contribution in [2.45, 2.75) is 13.5 Å². The van der Waals surface area contributed by atoms with Gasteiger partial charge >= 0.3 is 0 Å². The minimum Gasteiger partial charge on any atom is -0.455 e. The molecule has 0 atom stereocenters. The minimum absolute atomic E-state index is 0.577. The number of para-hydroxylation sites is 3. The van der Waals surface area contributed by atoms with E-state index in [1.165, 1.54) is 5.56 Å². The average molecular weight is 397 g/mol. The number of rotatable bonds is 8. The van der Waals surface area contributed by atoms with Crippen LogP contribution in [-0.4, -0.2) is 21.7 Å². The molecule has 0 aliphatic heterocycles. The van der Waals surface area contributed by atoms with Gasteiger partial charge in [0, 0.05) is 13.1 Å². The van der Waals surface area contributed by atoms with Crippen LogP contribution in [0.5, 0.6) is 11.5 Å². The molecule has 0 fully saturated rings. The fourth-order valence-electron chi connectivity index (χ4n) is 3.03. The maximum Gasteiger partial charge on any atom is 0.247 e. The number of aromatic nitrogens is 3. The smallest absolute Gasteiger partial charge is 0.247 e. The van der Waals surface area contributed by atoms with Crippen LogP contribution in [0.2, 0.25) is 0 Å². The van der Waals surface area contributed by atoms with E-state index in [-0.39, 0.29) is 0 Å². The van der Waals surface area contributed by atoms with Crippen LogP contribution in [0.4, 0.5) is 17.5 Å². The molecule has 0 saturated carbocycles. The van der Waals surface area contributed by atoms with Crippen LogP contribution < -0.4 is 15.0 Å². The molecule has 1 heterocycles. The molecule has 0 saturated heterocycles. The van der Waals surface area contributed by atoms with E-state index in [0.29, 0.717) is 17.5 Å². The predicted molar refractivity (Wildman–Crippen MR) is 119 cm³/mol. The Balaban J connectivity index is 1.53. The topological polar surface area (TPSA) is 63.2 Å². The Morgan fingerprint density at radius 1 is 0.867 bits per heavy atom. The molecule has 4 rings (SSSR count). The van der Waals surface area contributed by atoms with Crippen LogP contribution in [0.3, 0.4) is 0 Å². The molecule has 150 valence electrons. The highest BCUT2D eigenvalue weighted by molar-refractivity contribution is 5.64. The van der Waals surface area contributed by atoms with Gasteiger partial charge in [-0.3, -0.25) is 0 Å². The minimum atomic E-state index is 0.577. The SMILES string of the molecule is CCN(Cc1ccccc1)c1nncc(Nc2ccccc2Oc2ccccc2)n1. The zero-order chi connectivity index (χ0) is 20.6. The third kappa shape index (κ3) is 4.91. The van der Waals surface area contributed by atoms with E-state index in [4.69, 9.17) is 4.74 Å². The Morgan fingerprint density at radius 2 is 1.57 bits per heavy atom. The van der Waals surface area contributed by atoms with E-state index < -0.39 is 0 Å². The number of hydrogen-bond acceptors (Lipinski definition) is 6. The van der Waals surface area contributed by atoms with Gasteiger partial charge in [-0.25, -0.2) is 0 Å². The zero-order valence-electron chi connectivity index (χ0n) is 16.8. The molecule has 6 nitrogen and oxygen atoms in total. The van der Waals surface area contributed by atoms with Gasteiger partial charge in [0.2, 0.25) is 5.95 Å². The number of anilines is 3. The summed E-state index contributed by atoms with van der Waals surface area (Å²) in [6, 6.07) is 27.7. The molecule has 30 heavy (non-hydrogen) atoms. The highest BCUT2D eigenvalue weighted by atomic mass is 16.5. The quantitative estimate of drug-likeness (QED) is 0.427. The number of ether oxygens (including phenoxy) is 1. The average Bonchev–Trinajstić information content (AvgIpc) is 2.80. The van der Waals surface area contributed by atoms with Crippen LogP contribution in [-0.2, 0) is 6.54 Å². The van der Waals surface area contributed by atoms with E-state index >= 15 is 0 Å². The predicted octanol–water partition coefficient (Wildman–Crippen LogP) is 5.43. The van der Waals surface area contributed by atoms with Gasteiger partial charge in [-0.15, -0.1) is 5.10 Å². The van der Waals surface area contributed by atoms with E-state index in [2.05, 4.69) is 44.5 Å². The van der Waals surface area contributed by atoms with Crippen LogP contribution in [0, 0.1) is 0 Å². The second-order valence-electron chi connectivity index (χ2n) is 6.68. The first-order valence-electron chi connectivity index (χ1n) is 9.89. The van der Waals surface area contributed by atoms with E-state index in [0.717, 1.165) is 24.5 Å². The van der Waals surface area contributed by atoms with E-state index in [9.17, 15) is 0 Å². The second-order valence-corrected chi connectivity index (χ2v) is 6.68. The van der Waals surface area contributed by atoms with Crippen molar-refractivity contribution in [1.29, 1.82) is 0 Å². The maximum absolute atomic E-state index is 6.02. The highest BCUT2D eigenvalue weighted by Gasteiger charge is 2.12. The van der Waals surface area contributed by atoms with Gasteiger partial charge in [0.25, 0.3) is 0 Å². The van der Waals surface area contributed by atoms with Gasteiger partial charge in [-0.1, -0.05) is 60.7 Å². The summed E-state index contributed by atoms with van der Waals surface area (Å²) in [5.41, 5.74) is 2.00. The zero-order valence-corrected chi connectivity index (χ0v) is 16.8. The van der Waals surface area contributed by atoms with Crippen LogP contribution in [0.1, 0.15) is 12.5 Å². The summed E-state index contributed by atoms with van der Waals surface area (Å²) in [4.78, 5) is 6.75. The summed E-state index contributed by atoms with van der Waals surface area (Å²) >= 11 is 0. The van der Waals surface area contributed by atoms with E-state index in [1.807, 2.05) is 72.8 Å². The second kappa shape index (κ2) is 9.52. The third-order valence-electron chi connectivity index (χ3n) is 4.55. The summed E-state index contributed by atoms with van der Waals surface area (Å²) in [7, 11) is 0. The largest absolute Gasteiger partial charge is 0.455 e. The molecule has 0 bridgehead atoms. The lowest BCUT2D eigenvalue weighted by molar-refractivity contribution is 0.485. The molecule has 0 aliphatic carbocycles. The van der Waals surface area contributed by atoms with Crippen molar-refractivity contribution >= 4 is 17.5 Å². The number of benzene rings is 3. The molecule has 6 heteroatoms. The van der Waals surface area contributed by atoms with Crippen molar-refractivity contribution in [3.8, 4) is 11.5 Å². The Hall–Kier alpha value is -3.93. The number of nitrogens with one attached hydrogen (secondary N) is 1. The Morgan fingerprint density at radius 3 is 2.33 bits per heavy atom. The number of hydrogen-bond donors (Lipinski definition) is 1. The maximum atomic E-state index is 6.02. The lowest BCUT2D eigenvalue weighted by Gasteiger charge is -2.21. The summed E-state index contributed by atoms with van der Waals surface area (Å²) < 4.78 is 6.02. The summed E-state index contributed by atoms with van der Waals surface area (Å²) in [6.07, 6.45) is 1.61. The fraction of sp³-hybridized carbons (Fsp3) is 0.125. The Bertz CT molecular complexity index is 1070. The van der Waals surface area contributed by atoms with Crippen molar-refractivity contribution in [2.75, 3.05) is 16.8 Å². The standard InChI is InChI=1S/C24H23N5O/c1-2-29(18-19-11-5-3-6-12-19)24-27-23(17-25-28-24)26-21-15-9-10-16-22(21)30-20-13-7-4-8-14-20/h3-17H,2,18H2,1H3,(H,26,27,28). The molecule has 1 N–H and O–H groups in total. The third-order valence-corrected chi connectivity index (χ3v) is 4.55. The monoisotopic (exact) mass is 397 g/mol. The van der Waals surface area contributed by atoms with Crippen molar-refractivity contribution in [2.24, 2.45) is 0 Å². The molecule has 0 spiro atoms. The lowest BCUT2D eigenvalue weighted by atomic mass is 10.2.